The van der Waals surface area contributed by atoms with E-state index in [2.05, 4.69) is 10.3 Å². The van der Waals surface area contributed by atoms with Crippen molar-refractivity contribution < 1.29 is 0 Å². The first-order valence-electron chi connectivity index (χ1n) is 6.13. The number of nitrogens with two attached hydrogens (primary N) is 1. The molecule has 0 saturated carbocycles. The van der Waals surface area contributed by atoms with Gasteiger partial charge in [0.05, 0.1) is 6.54 Å². The Kier molecular flexibility index (Phi) is 4.46. The molecule has 0 aliphatic heterocycles. The lowest BCUT2D eigenvalue weighted by atomic mass is 10.2. The SMILES string of the molecule is CCNc1c(N)n(Cc2ccc(Cl)cc2)c(=S)[nH]c1=O. The van der Waals surface area contributed by atoms with Crippen LogP contribution in [-0.4, -0.2) is 16.1 Å². The lowest BCUT2D eigenvalue weighted by Gasteiger charge is -2.14. The zero-order chi connectivity index (χ0) is 14.7. The summed E-state index contributed by atoms with van der Waals surface area (Å²) in [7, 11) is 0. The van der Waals surface area contributed by atoms with Crippen molar-refractivity contribution in [1.29, 1.82) is 0 Å². The zero-order valence-electron chi connectivity index (χ0n) is 10.9. The standard InChI is InChI=1S/C13H15ClN4OS/c1-2-16-10-11(15)18(13(20)17-12(10)19)7-8-3-5-9(14)6-4-8/h3-6,16H,2,7,15H2,1H3,(H,17,19,20). The van der Waals surface area contributed by atoms with Crippen molar-refractivity contribution in [3.05, 3.63) is 50.0 Å². The Morgan fingerprint density at radius 2 is 2.05 bits per heavy atom. The van der Waals surface area contributed by atoms with Crippen LogP contribution in [0.1, 0.15) is 12.5 Å². The molecule has 7 heteroatoms. The maximum atomic E-state index is 11.8. The molecule has 0 aliphatic rings. The Hall–Kier alpha value is -1.79. The van der Waals surface area contributed by atoms with Crippen molar-refractivity contribution in [3.63, 3.8) is 0 Å². The summed E-state index contributed by atoms with van der Waals surface area (Å²) < 4.78 is 1.97. The molecule has 0 fully saturated rings. The zero-order valence-corrected chi connectivity index (χ0v) is 12.5. The first-order valence-corrected chi connectivity index (χ1v) is 6.92. The number of nitrogen functional groups attached to an aromatic ring is 1. The molecule has 1 heterocycles. The summed E-state index contributed by atoms with van der Waals surface area (Å²) in [6.07, 6.45) is 0. The van der Waals surface area contributed by atoms with E-state index in [1.807, 2.05) is 19.1 Å². The minimum absolute atomic E-state index is 0.295. The van der Waals surface area contributed by atoms with E-state index in [4.69, 9.17) is 29.6 Å². The molecular formula is C13H15ClN4OS. The van der Waals surface area contributed by atoms with Gasteiger partial charge < -0.3 is 11.1 Å². The second kappa shape index (κ2) is 6.11. The van der Waals surface area contributed by atoms with E-state index in [1.54, 1.807) is 16.7 Å². The van der Waals surface area contributed by atoms with Crippen LogP contribution in [0.15, 0.2) is 29.1 Å². The van der Waals surface area contributed by atoms with Gasteiger partial charge in [-0.25, -0.2) is 0 Å². The molecule has 0 amide bonds. The van der Waals surface area contributed by atoms with Crippen LogP contribution in [0.5, 0.6) is 0 Å². The average Bonchev–Trinajstić information content (AvgIpc) is 2.41. The molecule has 5 nitrogen and oxygen atoms in total. The number of rotatable bonds is 4. The highest BCUT2D eigenvalue weighted by molar-refractivity contribution is 7.71. The summed E-state index contributed by atoms with van der Waals surface area (Å²) in [5.74, 6) is 0.329. The van der Waals surface area contributed by atoms with Gasteiger partial charge in [0.2, 0.25) is 0 Å². The fourth-order valence-corrected chi connectivity index (χ4v) is 2.25. The maximum Gasteiger partial charge on any atom is 0.277 e. The Bertz CT molecular complexity index is 721. The molecule has 2 aromatic rings. The first-order chi connectivity index (χ1) is 9.52. The van der Waals surface area contributed by atoms with Crippen molar-refractivity contribution in [2.75, 3.05) is 17.6 Å². The lowest BCUT2D eigenvalue weighted by Crippen LogP contribution is -2.22. The fraction of sp³-hybridized carbons (Fsp3) is 0.231. The van der Waals surface area contributed by atoms with E-state index in [9.17, 15) is 4.79 Å². The lowest BCUT2D eigenvalue weighted by molar-refractivity contribution is 0.758. The van der Waals surface area contributed by atoms with Crippen molar-refractivity contribution in [1.82, 2.24) is 9.55 Å². The highest BCUT2D eigenvalue weighted by Gasteiger charge is 2.10. The van der Waals surface area contributed by atoms with Gasteiger partial charge in [-0.15, -0.1) is 0 Å². The van der Waals surface area contributed by atoms with Crippen LogP contribution in [0.4, 0.5) is 11.5 Å². The molecule has 1 aromatic heterocycles. The molecule has 0 radical (unpaired) electrons. The Morgan fingerprint density at radius 1 is 1.40 bits per heavy atom. The van der Waals surface area contributed by atoms with Crippen LogP contribution in [0.2, 0.25) is 5.02 Å². The topological polar surface area (TPSA) is 75.8 Å². The normalized spacial score (nSPS) is 10.5. The number of hydrogen-bond donors (Lipinski definition) is 3. The summed E-state index contributed by atoms with van der Waals surface area (Å²) in [5, 5.41) is 3.62. The molecule has 4 N–H and O–H groups in total. The van der Waals surface area contributed by atoms with Gasteiger partial charge in [0, 0.05) is 11.6 Å². The number of anilines is 2. The molecule has 0 bridgehead atoms. The number of H-pyrrole nitrogens is 1. The number of benzene rings is 1. The highest BCUT2D eigenvalue weighted by Crippen LogP contribution is 2.16. The minimum Gasteiger partial charge on any atom is -0.383 e. The summed E-state index contributed by atoms with van der Waals surface area (Å²) in [6.45, 7) is 2.96. The molecule has 20 heavy (non-hydrogen) atoms. The number of hydrogen-bond acceptors (Lipinski definition) is 4. The number of aromatic amines is 1. The molecule has 0 aliphatic carbocycles. The molecule has 106 valence electrons. The molecule has 0 saturated heterocycles. The van der Waals surface area contributed by atoms with E-state index in [0.29, 0.717) is 34.4 Å². The van der Waals surface area contributed by atoms with Crippen LogP contribution >= 0.6 is 23.8 Å². The van der Waals surface area contributed by atoms with E-state index >= 15 is 0 Å². The monoisotopic (exact) mass is 310 g/mol. The van der Waals surface area contributed by atoms with Crippen LogP contribution in [0.25, 0.3) is 0 Å². The predicted octanol–water partition coefficient (Wildman–Crippen LogP) is 2.62. The van der Waals surface area contributed by atoms with Crippen molar-refractivity contribution >= 4 is 35.3 Å². The summed E-state index contributed by atoms with van der Waals surface area (Å²) in [6, 6.07) is 7.38. The van der Waals surface area contributed by atoms with Gasteiger partial charge in [-0.05, 0) is 36.8 Å². The van der Waals surface area contributed by atoms with E-state index < -0.39 is 0 Å². The smallest absolute Gasteiger partial charge is 0.277 e. The van der Waals surface area contributed by atoms with Crippen LogP contribution in [0, 0.1) is 4.77 Å². The average molecular weight is 311 g/mol. The molecule has 0 spiro atoms. The van der Waals surface area contributed by atoms with E-state index in [0.717, 1.165) is 5.56 Å². The number of halogens is 1. The quantitative estimate of drug-likeness (QED) is 0.759. The number of aromatic nitrogens is 2. The van der Waals surface area contributed by atoms with Crippen molar-refractivity contribution in [2.24, 2.45) is 0 Å². The third-order valence-corrected chi connectivity index (χ3v) is 3.42. The van der Waals surface area contributed by atoms with Gasteiger partial charge in [-0.2, -0.15) is 0 Å². The van der Waals surface area contributed by atoms with Gasteiger partial charge in [-0.1, -0.05) is 23.7 Å². The second-order valence-corrected chi connectivity index (χ2v) is 5.09. The maximum absolute atomic E-state index is 11.8. The van der Waals surface area contributed by atoms with Gasteiger partial charge in [-0.3, -0.25) is 14.3 Å². The minimum atomic E-state index is -0.304. The predicted molar refractivity (Wildman–Crippen MR) is 85.0 cm³/mol. The van der Waals surface area contributed by atoms with Crippen LogP contribution < -0.4 is 16.6 Å². The fourth-order valence-electron chi connectivity index (χ4n) is 1.86. The molecule has 1 aromatic carbocycles. The molecular weight excluding hydrogens is 296 g/mol. The molecule has 0 atom stereocenters. The van der Waals surface area contributed by atoms with Crippen molar-refractivity contribution in [2.45, 2.75) is 13.5 Å². The van der Waals surface area contributed by atoms with Crippen molar-refractivity contribution in [3.8, 4) is 0 Å². The molecule has 2 rings (SSSR count). The number of nitrogens with zero attached hydrogens (tertiary/aromatic N) is 1. The van der Waals surface area contributed by atoms with Gasteiger partial charge in [0.15, 0.2) is 4.77 Å². The number of nitrogens with one attached hydrogen (secondary N) is 2. The summed E-state index contributed by atoms with van der Waals surface area (Å²) in [4.78, 5) is 14.4. The van der Waals surface area contributed by atoms with E-state index in [-0.39, 0.29) is 5.56 Å². The van der Waals surface area contributed by atoms with Gasteiger partial charge in [0.1, 0.15) is 11.5 Å². The van der Waals surface area contributed by atoms with Gasteiger partial charge in [0.25, 0.3) is 5.56 Å². The van der Waals surface area contributed by atoms with Gasteiger partial charge >= 0.3 is 0 Å². The Labute approximate surface area is 126 Å². The third-order valence-electron chi connectivity index (χ3n) is 2.85. The second-order valence-electron chi connectivity index (χ2n) is 4.26. The first kappa shape index (κ1) is 14.6. The Morgan fingerprint density at radius 3 is 2.65 bits per heavy atom. The summed E-state index contributed by atoms with van der Waals surface area (Å²) >= 11 is 11.0. The third kappa shape index (κ3) is 3.02. The van der Waals surface area contributed by atoms with Crippen LogP contribution in [0.3, 0.4) is 0 Å². The highest BCUT2D eigenvalue weighted by atomic mass is 35.5. The van der Waals surface area contributed by atoms with E-state index in [1.165, 1.54) is 0 Å². The summed E-state index contributed by atoms with van der Waals surface area (Å²) in [5.41, 5.74) is 7.07. The molecule has 0 unspecified atom stereocenters. The Balaban J connectivity index is 2.46. The largest absolute Gasteiger partial charge is 0.383 e. The van der Waals surface area contributed by atoms with Crippen LogP contribution in [-0.2, 0) is 6.54 Å².